The predicted molar refractivity (Wildman–Crippen MR) is 70.4 cm³/mol. The lowest BCUT2D eigenvalue weighted by Crippen LogP contribution is -2.82. The van der Waals surface area contributed by atoms with Crippen molar-refractivity contribution in [2.24, 2.45) is 17.8 Å². The summed E-state index contributed by atoms with van der Waals surface area (Å²) in [5, 5.41) is 38.4. The smallest absolute Gasteiger partial charge is 0.431 e. The predicted octanol–water partition coefficient (Wildman–Crippen LogP) is 1.30. The molecule has 0 spiro atoms. The number of carboxylic acids is 2. The first-order valence-corrected chi connectivity index (χ1v) is 7.37. The monoisotopic (exact) mass is 397 g/mol. The molecule has 1 heterocycles. The van der Waals surface area contributed by atoms with Crippen LogP contribution in [0.1, 0.15) is 26.2 Å². The summed E-state index contributed by atoms with van der Waals surface area (Å²) < 4.78 is 79.7. The number of alkyl halides is 6. The molecule has 0 aliphatic carbocycles. The lowest BCUT2D eigenvalue weighted by molar-refractivity contribution is -0.382. The zero-order valence-electron chi connectivity index (χ0n) is 13.2. The van der Waals surface area contributed by atoms with Crippen LogP contribution < -0.4 is 5.32 Å². The van der Waals surface area contributed by atoms with Crippen LogP contribution in [0.25, 0.3) is 0 Å². The number of aliphatic hydroxyl groups is 2. The summed E-state index contributed by atoms with van der Waals surface area (Å²) in [7, 11) is 0. The van der Waals surface area contributed by atoms with Gasteiger partial charge in [-0.05, 0) is 12.3 Å². The third-order valence-electron chi connectivity index (χ3n) is 4.43. The minimum absolute atomic E-state index is 0.125. The molecule has 0 amide bonds. The van der Waals surface area contributed by atoms with Gasteiger partial charge in [-0.2, -0.15) is 26.3 Å². The third-order valence-corrected chi connectivity index (χ3v) is 4.43. The van der Waals surface area contributed by atoms with Crippen LogP contribution in [-0.4, -0.2) is 56.2 Å². The molecule has 1 fully saturated rings. The van der Waals surface area contributed by atoms with E-state index < -0.39 is 59.9 Å². The van der Waals surface area contributed by atoms with Gasteiger partial charge in [0.05, 0.1) is 0 Å². The van der Waals surface area contributed by atoms with E-state index in [1.807, 2.05) is 0 Å². The molecule has 7 nitrogen and oxygen atoms in total. The van der Waals surface area contributed by atoms with Gasteiger partial charge in [0, 0.05) is 0 Å². The van der Waals surface area contributed by atoms with Crippen molar-refractivity contribution in [3.63, 3.8) is 0 Å². The Morgan fingerprint density at radius 2 is 1.27 bits per heavy atom. The number of rotatable bonds is 5. The van der Waals surface area contributed by atoms with Crippen LogP contribution in [0.4, 0.5) is 26.3 Å². The fourth-order valence-corrected chi connectivity index (χ4v) is 3.25. The number of carboxylic acid groups (broad SMARTS) is 2. The Kier molecular flexibility index (Phi) is 5.91. The van der Waals surface area contributed by atoms with Crippen LogP contribution >= 0.6 is 0 Å². The van der Waals surface area contributed by atoms with Crippen molar-refractivity contribution in [2.75, 3.05) is 0 Å². The summed E-state index contributed by atoms with van der Waals surface area (Å²) in [6, 6.07) is 0. The van der Waals surface area contributed by atoms with Crippen molar-refractivity contribution >= 4 is 11.9 Å². The zero-order chi connectivity index (χ0) is 20.7. The Morgan fingerprint density at radius 1 is 0.923 bits per heavy atom. The van der Waals surface area contributed by atoms with Gasteiger partial charge in [-0.3, -0.25) is 9.59 Å². The number of hydrogen-bond acceptors (Lipinski definition) is 5. The molecule has 1 rings (SSSR count). The fourth-order valence-electron chi connectivity index (χ4n) is 3.25. The standard InChI is InChI=1S/C13H17F6NO6/c1-2-3-4-5-6(8(21)22)10(25,12(14,15)16)20-11(26,13(17,18)19)7(5)9(23)24/h5-7,20,25-26H,2-4H2,1H3,(H,21,22)(H,23,24). The van der Waals surface area contributed by atoms with Gasteiger partial charge in [-0.1, -0.05) is 19.8 Å². The summed E-state index contributed by atoms with van der Waals surface area (Å²) in [4.78, 5) is 22.7. The second kappa shape index (κ2) is 6.85. The van der Waals surface area contributed by atoms with Crippen LogP contribution in [0, 0.1) is 17.8 Å². The number of aliphatic carboxylic acids is 2. The first-order chi connectivity index (χ1) is 11.5. The minimum Gasteiger partial charge on any atom is -0.481 e. The van der Waals surface area contributed by atoms with E-state index in [1.54, 1.807) is 0 Å². The molecule has 4 unspecified atom stereocenters. The molecule has 26 heavy (non-hydrogen) atoms. The molecule has 4 atom stereocenters. The first-order valence-electron chi connectivity index (χ1n) is 7.37. The van der Waals surface area contributed by atoms with Gasteiger partial charge in [0.1, 0.15) is 11.8 Å². The molecule has 1 saturated heterocycles. The number of halogens is 6. The Balaban J connectivity index is 3.75. The second-order valence-electron chi connectivity index (χ2n) is 6.09. The number of unbranched alkanes of at least 4 members (excludes halogenated alkanes) is 1. The Labute approximate surface area is 142 Å². The molecule has 0 saturated carbocycles. The third kappa shape index (κ3) is 3.47. The van der Waals surface area contributed by atoms with E-state index in [9.17, 15) is 46.1 Å². The average molecular weight is 397 g/mol. The number of piperidine rings is 1. The molecule has 0 bridgehead atoms. The van der Waals surface area contributed by atoms with Gasteiger partial charge in [-0.25, -0.2) is 5.32 Å². The van der Waals surface area contributed by atoms with Gasteiger partial charge in [0.25, 0.3) is 0 Å². The quantitative estimate of drug-likeness (QED) is 0.443. The topological polar surface area (TPSA) is 127 Å². The van der Waals surface area contributed by atoms with Gasteiger partial charge >= 0.3 is 24.3 Å². The molecule has 0 aromatic rings. The van der Waals surface area contributed by atoms with Crippen LogP contribution in [0.15, 0.2) is 0 Å². The van der Waals surface area contributed by atoms with Crippen LogP contribution in [0.3, 0.4) is 0 Å². The van der Waals surface area contributed by atoms with E-state index in [2.05, 4.69) is 0 Å². The van der Waals surface area contributed by atoms with Gasteiger partial charge in [0.2, 0.25) is 11.4 Å². The van der Waals surface area contributed by atoms with Crippen molar-refractivity contribution in [3.05, 3.63) is 0 Å². The fraction of sp³-hybridized carbons (Fsp3) is 0.846. The molecular weight excluding hydrogens is 380 g/mol. The SMILES string of the molecule is CCCCC1C(C(=O)O)C(O)(C(F)(F)F)NC(O)(C(F)(F)F)C1C(=O)O. The van der Waals surface area contributed by atoms with Gasteiger partial charge in [-0.15, -0.1) is 0 Å². The van der Waals surface area contributed by atoms with Gasteiger partial charge in [0.15, 0.2) is 0 Å². The van der Waals surface area contributed by atoms with Crippen molar-refractivity contribution in [3.8, 4) is 0 Å². The maximum absolute atomic E-state index is 13.3. The molecule has 0 aromatic heterocycles. The van der Waals surface area contributed by atoms with Crippen LogP contribution in [-0.2, 0) is 9.59 Å². The number of carbonyl (C=O) groups is 2. The van der Waals surface area contributed by atoms with Crippen LogP contribution in [0.2, 0.25) is 0 Å². The van der Waals surface area contributed by atoms with E-state index in [0.717, 1.165) is 0 Å². The average Bonchev–Trinajstić information content (AvgIpc) is 2.40. The van der Waals surface area contributed by atoms with E-state index in [-0.39, 0.29) is 12.8 Å². The number of hydrogen-bond donors (Lipinski definition) is 5. The van der Waals surface area contributed by atoms with E-state index in [0.29, 0.717) is 5.32 Å². The van der Waals surface area contributed by atoms with Crippen LogP contribution in [0.5, 0.6) is 0 Å². The van der Waals surface area contributed by atoms with Crippen molar-refractivity contribution in [1.82, 2.24) is 5.32 Å². The highest BCUT2D eigenvalue weighted by Crippen LogP contribution is 2.53. The highest BCUT2D eigenvalue weighted by atomic mass is 19.4. The van der Waals surface area contributed by atoms with E-state index in [4.69, 9.17) is 10.2 Å². The minimum atomic E-state index is -5.96. The Hall–Kier alpha value is -1.60. The maximum atomic E-state index is 13.3. The molecule has 0 radical (unpaired) electrons. The van der Waals surface area contributed by atoms with E-state index in [1.165, 1.54) is 6.92 Å². The highest BCUT2D eigenvalue weighted by molar-refractivity contribution is 5.77. The number of nitrogens with one attached hydrogen (secondary N) is 1. The Morgan fingerprint density at radius 3 is 1.50 bits per heavy atom. The zero-order valence-corrected chi connectivity index (χ0v) is 13.2. The lowest BCUT2D eigenvalue weighted by Gasteiger charge is -2.53. The molecule has 1 aliphatic heterocycles. The molecular formula is C13H17F6NO6. The maximum Gasteiger partial charge on any atom is 0.431 e. The van der Waals surface area contributed by atoms with Gasteiger partial charge < -0.3 is 20.4 Å². The summed E-state index contributed by atoms with van der Waals surface area (Å²) in [6.07, 6.45) is -12.5. The van der Waals surface area contributed by atoms with Crippen molar-refractivity contribution < 1.29 is 56.4 Å². The summed E-state index contributed by atoms with van der Waals surface area (Å²) in [5.41, 5.74) is -9.40. The molecule has 0 aromatic carbocycles. The molecule has 13 heteroatoms. The van der Waals surface area contributed by atoms with Crippen molar-refractivity contribution in [1.29, 1.82) is 0 Å². The van der Waals surface area contributed by atoms with Crippen molar-refractivity contribution in [2.45, 2.75) is 50.0 Å². The normalized spacial score (nSPS) is 36.0. The summed E-state index contributed by atoms with van der Waals surface area (Å²) in [5.74, 6) is -13.0. The largest absolute Gasteiger partial charge is 0.481 e. The molecule has 5 N–H and O–H groups in total. The Bertz CT molecular complexity index is 522. The second-order valence-corrected chi connectivity index (χ2v) is 6.09. The molecule has 1 aliphatic rings. The lowest BCUT2D eigenvalue weighted by atomic mass is 9.65. The summed E-state index contributed by atoms with van der Waals surface area (Å²) in [6.45, 7) is 1.48. The molecule has 152 valence electrons. The van der Waals surface area contributed by atoms with E-state index >= 15 is 0 Å². The highest BCUT2D eigenvalue weighted by Gasteiger charge is 2.77. The first kappa shape index (κ1) is 22.4. The summed E-state index contributed by atoms with van der Waals surface area (Å²) >= 11 is 0.